The van der Waals surface area contributed by atoms with Crippen molar-refractivity contribution in [2.75, 3.05) is 19.0 Å². The van der Waals surface area contributed by atoms with Gasteiger partial charge in [-0.05, 0) is 24.0 Å². The minimum atomic E-state index is -0.273. The number of hydrogen-bond donors (Lipinski definition) is 2. The number of nitrogens with zero attached hydrogens (tertiary/aromatic N) is 2. The Morgan fingerprint density at radius 3 is 2.76 bits per heavy atom. The molecule has 4 nitrogen and oxygen atoms in total. The number of quaternary nitrogens is 1. The second kappa shape index (κ2) is 4.24. The van der Waals surface area contributed by atoms with Gasteiger partial charge in [-0.15, -0.1) is 0 Å². The van der Waals surface area contributed by atoms with Crippen molar-refractivity contribution < 1.29 is 14.7 Å². The van der Waals surface area contributed by atoms with Crippen molar-refractivity contribution in [3.8, 4) is 0 Å². The van der Waals surface area contributed by atoms with E-state index in [4.69, 9.17) is 0 Å². The van der Waals surface area contributed by atoms with Crippen LogP contribution in [0.2, 0.25) is 0 Å². The number of aliphatic hydroxyl groups excluding tert-OH is 2. The molecule has 4 saturated heterocycles. The van der Waals surface area contributed by atoms with Gasteiger partial charge in [0.2, 0.25) is 0 Å². The maximum Gasteiger partial charge on any atom is 0.193 e. The van der Waals surface area contributed by atoms with Crippen molar-refractivity contribution >= 4 is 5.69 Å². The molecule has 25 heavy (non-hydrogen) atoms. The van der Waals surface area contributed by atoms with Crippen LogP contribution < -0.4 is 4.90 Å². The first kappa shape index (κ1) is 15.0. The van der Waals surface area contributed by atoms with Gasteiger partial charge < -0.3 is 15.1 Å². The molecule has 7 rings (SSSR count). The van der Waals surface area contributed by atoms with Gasteiger partial charge in [-0.2, -0.15) is 0 Å². The summed E-state index contributed by atoms with van der Waals surface area (Å²) in [4.78, 5) is 2.44. The zero-order chi connectivity index (χ0) is 17.3. The molecule has 1 spiro atoms. The summed E-state index contributed by atoms with van der Waals surface area (Å²) in [6.07, 6.45) is 2.67. The first-order valence-corrected chi connectivity index (χ1v) is 10.0. The highest BCUT2D eigenvalue weighted by atomic mass is 16.3. The van der Waals surface area contributed by atoms with Gasteiger partial charge in [0.05, 0.1) is 30.7 Å². The molecule has 6 aliphatic rings. The lowest BCUT2D eigenvalue weighted by atomic mass is 9.61. The number of anilines is 1. The van der Waals surface area contributed by atoms with E-state index in [-0.39, 0.29) is 17.7 Å². The molecule has 5 aliphatic heterocycles. The zero-order valence-corrected chi connectivity index (χ0v) is 15.3. The second-order valence-electron chi connectivity index (χ2n) is 9.58. The topological polar surface area (TPSA) is 43.7 Å². The summed E-state index contributed by atoms with van der Waals surface area (Å²) in [7, 11) is 4.51. The van der Waals surface area contributed by atoms with Crippen LogP contribution in [-0.2, 0) is 5.41 Å². The van der Waals surface area contributed by atoms with E-state index in [1.54, 1.807) is 0 Å². The highest BCUT2D eigenvalue weighted by molar-refractivity contribution is 5.66. The number of likely N-dealkylation sites (N-methyl/N-ethyl adjacent to an activating group) is 2. The molecule has 1 saturated carbocycles. The van der Waals surface area contributed by atoms with Crippen molar-refractivity contribution in [2.24, 2.45) is 17.8 Å². The summed E-state index contributed by atoms with van der Waals surface area (Å²) >= 11 is 0. The van der Waals surface area contributed by atoms with E-state index in [0.717, 1.165) is 23.7 Å². The molecule has 10 atom stereocenters. The minimum Gasteiger partial charge on any atom is -0.392 e. The van der Waals surface area contributed by atoms with E-state index in [2.05, 4.69) is 50.2 Å². The van der Waals surface area contributed by atoms with Gasteiger partial charge in [-0.1, -0.05) is 25.1 Å². The third-order valence-electron chi connectivity index (χ3n) is 9.39. The zero-order valence-electron chi connectivity index (χ0n) is 15.3. The highest BCUT2D eigenvalue weighted by Gasteiger charge is 2.82. The lowest BCUT2D eigenvalue weighted by Crippen LogP contribution is -2.81. The molecule has 5 bridgehead atoms. The Labute approximate surface area is 149 Å². The fraction of sp³-hybridized carbons (Fsp3) is 0.714. The molecule has 134 valence electrons. The number of piperidine rings is 4. The van der Waals surface area contributed by atoms with Crippen LogP contribution in [0, 0.1) is 17.8 Å². The third-order valence-corrected chi connectivity index (χ3v) is 9.39. The third kappa shape index (κ3) is 1.27. The van der Waals surface area contributed by atoms with Crippen molar-refractivity contribution in [1.82, 2.24) is 0 Å². The molecular weight excluding hydrogens is 312 g/mol. The maximum absolute atomic E-state index is 11.7. The maximum atomic E-state index is 11.7. The van der Waals surface area contributed by atoms with E-state index < -0.39 is 0 Å². The summed E-state index contributed by atoms with van der Waals surface area (Å²) in [5, 5.41) is 23.1. The quantitative estimate of drug-likeness (QED) is 0.764. The molecule has 0 radical (unpaired) electrons. The Bertz CT molecular complexity index is 768. The van der Waals surface area contributed by atoms with Crippen molar-refractivity contribution in [1.29, 1.82) is 0 Å². The van der Waals surface area contributed by atoms with E-state index in [0.29, 0.717) is 35.9 Å². The predicted molar refractivity (Wildman–Crippen MR) is 96.1 cm³/mol. The van der Waals surface area contributed by atoms with E-state index in [9.17, 15) is 10.2 Å². The monoisotopic (exact) mass is 341 g/mol. The first-order chi connectivity index (χ1) is 12.0. The average Bonchev–Trinajstić information content (AvgIpc) is 2.99. The van der Waals surface area contributed by atoms with Gasteiger partial charge in [0.25, 0.3) is 0 Å². The van der Waals surface area contributed by atoms with Gasteiger partial charge in [0.15, 0.2) is 6.23 Å². The van der Waals surface area contributed by atoms with Crippen LogP contribution in [0.4, 0.5) is 5.69 Å². The molecule has 0 amide bonds. The van der Waals surface area contributed by atoms with Crippen LogP contribution in [0.15, 0.2) is 24.3 Å². The highest BCUT2D eigenvalue weighted by Crippen LogP contribution is 2.70. The number of hydrogen-bond acceptors (Lipinski definition) is 3. The van der Waals surface area contributed by atoms with Crippen LogP contribution >= 0.6 is 0 Å². The molecule has 1 aliphatic carbocycles. The lowest BCUT2D eigenvalue weighted by Gasteiger charge is -2.66. The Morgan fingerprint density at radius 2 is 2.00 bits per heavy atom. The lowest BCUT2D eigenvalue weighted by molar-refractivity contribution is -1.02. The minimum absolute atomic E-state index is 0.125. The van der Waals surface area contributed by atoms with Crippen LogP contribution in [-0.4, -0.2) is 59.2 Å². The van der Waals surface area contributed by atoms with Gasteiger partial charge in [-0.25, -0.2) is 0 Å². The number of aliphatic hydroxyl groups is 2. The SMILES string of the molecule is CC[C@@H]1[C@@H]2C[C@H]3[C@@H]4N(C)c5ccccc5[C@]45C[C@@H]([C@@H]2[C@H]5O)[N+]3(C)[C@H]1O. The molecule has 1 unspecified atom stereocenters. The van der Waals surface area contributed by atoms with Crippen LogP contribution in [0.25, 0.3) is 0 Å². The molecule has 1 aromatic rings. The number of para-hydroxylation sites is 1. The second-order valence-corrected chi connectivity index (χ2v) is 9.58. The Hall–Kier alpha value is -1.10. The number of fused-ring (bicyclic) bond motifs is 2. The molecule has 0 aromatic heterocycles. The number of benzene rings is 1. The fourth-order valence-corrected chi connectivity index (χ4v) is 8.58. The first-order valence-electron chi connectivity index (χ1n) is 10.0. The summed E-state index contributed by atoms with van der Waals surface area (Å²) < 4.78 is 0.779. The Balaban J connectivity index is 1.63. The van der Waals surface area contributed by atoms with Crippen molar-refractivity contribution in [2.45, 2.75) is 62.1 Å². The fourth-order valence-electron chi connectivity index (χ4n) is 8.58. The van der Waals surface area contributed by atoms with E-state index >= 15 is 0 Å². The molecule has 2 N–H and O–H groups in total. The smallest absolute Gasteiger partial charge is 0.193 e. The molecule has 4 heteroatoms. The molecule has 5 fully saturated rings. The number of rotatable bonds is 1. The summed E-state index contributed by atoms with van der Waals surface area (Å²) in [6, 6.07) is 9.87. The van der Waals surface area contributed by atoms with E-state index in [1.807, 2.05) is 0 Å². The van der Waals surface area contributed by atoms with Crippen LogP contribution in [0.5, 0.6) is 0 Å². The average molecular weight is 341 g/mol. The Kier molecular flexibility index (Phi) is 2.54. The van der Waals surface area contributed by atoms with Gasteiger partial charge >= 0.3 is 0 Å². The molecular formula is C21H29N2O2+. The largest absolute Gasteiger partial charge is 0.392 e. The van der Waals surface area contributed by atoms with Crippen LogP contribution in [0.1, 0.15) is 31.7 Å². The Morgan fingerprint density at radius 1 is 1.24 bits per heavy atom. The van der Waals surface area contributed by atoms with Crippen molar-refractivity contribution in [3.05, 3.63) is 29.8 Å². The molecule has 1 aromatic carbocycles. The van der Waals surface area contributed by atoms with E-state index in [1.165, 1.54) is 11.3 Å². The normalized spacial score (nSPS) is 57.1. The molecule has 5 heterocycles. The van der Waals surface area contributed by atoms with Gasteiger partial charge in [0.1, 0.15) is 6.04 Å². The summed E-state index contributed by atoms with van der Waals surface area (Å²) in [5.74, 6) is 1.17. The van der Waals surface area contributed by atoms with Crippen LogP contribution in [0.3, 0.4) is 0 Å². The van der Waals surface area contributed by atoms with Gasteiger partial charge in [0, 0.05) is 37.4 Å². The summed E-state index contributed by atoms with van der Waals surface area (Å²) in [5.41, 5.74) is 2.54. The standard InChI is InChI=1S/C21H29N2O2/c1-4-11-12-9-15-18-21(13-7-5-6-8-14(13)22(18)2)10-16(17(12)19(21)24)23(15,3)20(11)25/h5-8,11-12,15-20,24-25H,4,9-10H2,1-3H3/q+1/t11-,12+,15+,16+,17-,18+,19-,20+,21-,23?/m1/s1. The summed E-state index contributed by atoms with van der Waals surface area (Å²) in [6.45, 7) is 2.21. The predicted octanol–water partition coefficient (Wildman–Crippen LogP) is 1.70. The van der Waals surface area contributed by atoms with Crippen molar-refractivity contribution in [3.63, 3.8) is 0 Å². The van der Waals surface area contributed by atoms with Gasteiger partial charge in [-0.3, -0.25) is 4.48 Å².